The summed E-state index contributed by atoms with van der Waals surface area (Å²) < 4.78 is 5.21. The monoisotopic (exact) mass is 259 g/mol. The molecule has 3 N–H and O–H groups in total. The number of carbonyl (C=O) groups is 2. The fourth-order valence-electron chi connectivity index (χ4n) is 1.85. The average molecular weight is 259 g/mol. The smallest absolute Gasteiger partial charge is 0.317 e. The largest absolute Gasteiger partial charge is 0.481 e. The highest BCUT2D eigenvalue weighted by atomic mass is 16.5. The maximum atomic E-state index is 11.9. The zero-order valence-corrected chi connectivity index (χ0v) is 10.6. The van der Waals surface area contributed by atoms with E-state index in [-0.39, 0.29) is 25.1 Å². The van der Waals surface area contributed by atoms with Crippen molar-refractivity contribution in [3.63, 3.8) is 0 Å². The Bertz CT molecular complexity index is 285. The Morgan fingerprint density at radius 1 is 1.44 bits per heavy atom. The molecule has 0 aromatic carbocycles. The number of urea groups is 1. The van der Waals surface area contributed by atoms with Gasteiger partial charge in [0.15, 0.2) is 0 Å². The summed E-state index contributed by atoms with van der Waals surface area (Å²) in [5.41, 5.74) is 0. The number of aliphatic carboxylic acids is 1. The normalized spacial score (nSPS) is 19.6. The van der Waals surface area contributed by atoms with Crippen LogP contribution in [0.4, 0.5) is 4.79 Å². The number of carboxylic acid groups (broad SMARTS) is 1. The predicted molar refractivity (Wildman–Crippen MR) is 65.5 cm³/mol. The highest BCUT2D eigenvalue weighted by Gasteiger charge is 2.28. The van der Waals surface area contributed by atoms with Gasteiger partial charge in [-0.3, -0.25) is 4.79 Å². The van der Waals surface area contributed by atoms with Gasteiger partial charge in [0, 0.05) is 13.1 Å². The topological polar surface area (TPSA) is 90.9 Å². The van der Waals surface area contributed by atoms with Crippen molar-refractivity contribution in [3.8, 4) is 0 Å². The van der Waals surface area contributed by atoms with Gasteiger partial charge in [-0.2, -0.15) is 0 Å². The van der Waals surface area contributed by atoms with Crippen LogP contribution in [0, 0.1) is 0 Å². The number of hydrogen-bond donors (Lipinski definition) is 3. The molecule has 0 saturated carbocycles. The molecule has 0 bridgehead atoms. The van der Waals surface area contributed by atoms with E-state index >= 15 is 0 Å². The van der Waals surface area contributed by atoms with Crippen molar-refractivity contribution < 1.29 is 19.4 Å². The highest BCUT2D eigenvalue weighted by Crippen LogP contribution is 2.10. The van der Waals surface area contributed by atoms with Crippen molar-refractivity contribution in [1.29, 1.82) is 0 Å². The summed E-state index contributed by atoms with van der Waals surface area (Å²) in [6.45, 7) is 2.60. The molecule has 0 aliphatic carbocycles. The Hall–Kier alpha value is -1.34. The van der Waals surface area contributed by atoms with Gasteiger partial charge in [-0.05, 0) is 20.0 Å². The van der Waals surface area contributed by atoms with Gasteiger partial charge in [-0.15, -0.1) is 0 Å². The number of carboxylic acids is 1. The first-order chi connectivity index (χ1) is 8.65. The lowest BCUT2D eigenvalue weighted by Crippen LogP contribution is -2.53. The molecule has 1 rings (SSSR count). The third-order valence-corrected chi connectivity index (χ3v) is 2.78. The van der Waals surface area contributed by atoms with Gasteiger partial charge in [0.05, 0.1) is 25.7 Å². The van der Waals surface area contributed by atoms with E-state index in [1.807, 2.05) is 7.05 Å². The van der Waals surface area contributed by atoms with E-state index in [1.165, 1.54) is 0 Å². The van der Waals surface area contributed by atoms with Gasteiger partial charge in [-0.1, -0.05) is 0 Å². The van der Waals surface area contributed by atoms with Gasteiger partial charge < -0.3 is 25.4 Å². The van der Waals surface area contributed by atoms with E-state index < -0.39 is 5.97 Å². The minimum absolute atomic E-state index is 0.0794. The van der Waals surface area contributed by atoms with Crippen LogP contribution < -0.4 is 10.6 Å². The molecule has 0 spiro atoms. The van der Waals surface area contributed by atoms with Gasteiger partial charge >= 0.3 is 12.0 Å². The van der Waals surface area contributed by atoms with Crippen molar-refractivity contribution >= 4 is 12.0 Å². The van der Waals surface area contributed by atoms with Crippen molar-refractivity contribution in [1.82, 2.24) is 15.5 Å². The molecular formula is C11H21N3O4. The van der Waals surface area contributed by atoms with Crippen LogP contribution in [0.5, 0.6) is 0 Å². The third-order valence-electron chi connectivity index (χ3n) is 2.78. The Morgan fingerprint density at radius 3 is 2.89 bits per heavy atom. The molecule has 1 saturated heterocycles. The van der Waals surface area contributed by atoms with E-state index in [9.17, 15) is 9.59 Å². The van der Waals surface area contributed by atoms with E-state index in [0.29, 0.717) is 19.7 Å². The van der Waals surface area contributed by atoms with Crippen LogP contribution >= 0.6 is 0 Å². The van der Waals surface area contributed by atoms with Crippen LogP contribution in [-0.4, -0.2) is 67.9 Å². The van der Waals surface area contributed by atoms with Crippen molar-refractivity contribution in [2.24, 2.45) is 0 Å². The average Bonchev–Trinajstić information content (AvgIpc) is 2.34. The van der Waals surface area contributed by atoms with Crippen molar-refractivity contribution in [2.75, 3.05) is 39.9 Å². The molecule has 0 aromatic rings. The Morgan fingerprint density at radius 2 is 2.22 bits per heavy atom. The number of nitrogens with one attached hydrogen (secondary N) is 2. The lowest BCUT2D eigenvalue weighted by molar-refractivity contribution is -0.139. The Balaban J connectivity index is 2.39. The van der Waals surface area contributed by atoms with Crippen LogP contribution in [0.15, 0.2) is 0 Å². The molecule has 1 heterocycles. The van der Waals surface area contributed by atoms with E-state index in [2.05, 4.69) is 10.6 Å². The van der Waals surface area contributed by atoms with Crippen LogP contribution in [0.3, 0.4) is 0 Å². The third kappa shape index (κ3) is 4.89. The summed E-state index contributed by atoms with van der Waals surface area (Å²) in [6, 6.07) is -0.582. The molecule has 1 aliphatic rings. The lowest BCUT2D eigenvalue weighted by atomic mass is 10.1. The number of amides is 2. The van der Waals surface area contributed by atoms with Crippen LogP contribution in [0.1, 0.15) is 12.8 Å². The standard InChI is InChI=1S/C11H21N3O4/c1-12-3-2-4-13-11(17)14-5-6-18-8-9(14)7-10(15)16/h9,12H,2-8H2,1H3,(H,13,17)(H,15,16). The van der Waals surface area contributed by atoms with Gasteiger partial charge in [0.1, 0.15) is 0 Å². The van der Waals surface area contributed by atoms with Crippen LogP contribution in [0.25, 0.3) is 0 Å². The molecule has 1 aliphatic heterocycles. The number of carbonyl (C=O) groups excluding carboxylic acids is 1. The number of rotatable bonds is 6. The molecule has 18 heavy (non-hydrogen) atoms. The predicted octanol–water partition coefficient (Wildman–Crippen LogP) is -0.519. The SMILES string of the molecule is CNCCCNC(=O)N1CCOCC1CC(=O)O. The number of morpholine rings is 1. The molecule has 7 heteroatoms. The van der Waals surface area contributed by atoms with Gasteiger partial charge in [-0.25, -0.2) is 4.79 Å². The number of ether oxygens (including phenoxy) is 1. The fraction of sp³-hybridized carbons (Fsp3) is 0.818. The highest BCUT2D eigenvalue weighted by molar-refractivity contribution is 5.76. The first-order valence-electron chi connectivity index (χ1n) is 6.13. The zero-order chi connectivity index (χ0) is 13.4. The van der Waals surface area contributed by atoms with E-state index in [0.717, 1.165) is 13.0 Å². The summed E-state index contributed by atoms with van der Waals surface area (Å²) in [7, 11) is 1.85. The maximum Gasteiger partial charge on any atom is 0.317 e. The number of nitrogens with zero attached hydrogens (tertiary/aromatic N) is 1. The maximum absolute atomic E-state index is 11.9. The number of hydrogen-bond acceptors (Lipinski definition) is 4. The molecular weight excluding hydrogens is 238 g/mol. The Labute approximate surface area is 106 Å². The van der Waals surface area contributed by atoms with Gasteiger partial charge in [0.25, 0.3) is 0 Å². The first-order valence-corrected chi connectivity index (χ1v) is 6.13. The minimum Gasteiger partial charge on any atom is -0.481 e. The molecule has 7 nitrogen and oxygen atoms in total. The zero-order valence-electron chi connectivity index (χ0n) is 10.6. The summed E-state index contributed by atoms with van der Waals surface area (Å²) in [6.07, 6.45) is 0.764. The molecule has 1 fully saturated rings. The fourth-order valence-corrected chi connectivity index (χ4v) is 1.85. The van der Waals surface area contributed by atoms with E-state index in [1.54, 1.807) is 4.90 Å². The Kier molecular flexibility index (Phi) is 6.45. The summed E-state index contributed by atoms with van der Waals surface area (Å²) in [5.74, 6) is -0.918. The summed E-state index contributed by atoms with van der Waals surface area (Å²) in [4.78, 5) is 24.2. The minimum atomic E-state index is -0.918. The van der Waals surface area contributed by atoms with E-state index in [4.69, 9.17) is 9.84 Å². The van der Waals surface area contributed by atoms with Crippen molar-refractivity contribution in [3.05, 3.63) is 0 Å². The second-order valence-corrected chi connectivity index (χ2v) is 4.21. The summed E-state index contributed by atoms with van der Waals surface area (Å²) >= 11 is 0. The first kappa shape index (κ1) is 14.7. The molecule has 1 unspecified atom stereocenters. The molecule has 104 valence electrons. The van der Waals surface area contributed by atoms with Crippen LogP contribution in [0.2, 0.25) is 0 Å². The lowest BCUT2D eigenvalue weighted by Gasteiger charge is -2.34. The molecule has 0 aromatic heterocycles. The summed E-state index contributed by atoms with van der Waals surface area (Å²) in [5, 5.41) is 14.6. The van der Waals surface area contributed by atoms with Gasteiger partial charge in [0.2, 0.25) is 0 Å². The molecule has 0 radical (unpaired) electrons. The van der Waals surface area contributed by atoms with Crippen molar-refractivity contribution in [2.45, 2.75) is 18.9 Å². The molecule has 1 atom stereocenters. The second-order valence-electron chi connectivity index (χ2n) is 4.21. The van der Waals surface area contributed by atoms with Crippen LogP contribution in [-0.2, 0) is 9.53 Å². The molecule has 2 amide bonds. The second kappa shape index (κ2) is 7.88. The quantitative estimate of drug-likeness (QED) is 0.558.